The number of nitrogens with zero attached hydrogens (tertiary/aromatic N) is 2. The van der Waals surface area contributed by atoms with Gasteiger partial charge in [-0.3, -0.25) is 9.78 Å². The third-order valence-corrected chi connectivity index (χ3v) is 6.79. The zero-order valence-electron chi connectivity index (χ0n) is 18.6. The van der Waals surface area contributed by atoms with E-state index in [1.807, 2.05) is 47.5 Å². The van der Waals surface area contributed by atoms with Gasteiger partial charge in [-0.2, -0.15) is 0 Å². The van der Waals surface area contributed by atoms with Crippen LogP contribution in [0.25, 0.3) is 22.0 Å². The molecule has 2 aliphatic rings. The van der Waals surface area contributed by atoms with Crippen LogP contribution in [0.3, 0.4) is 0 Å². The van der Waals surface area contributed by atoms with Gasteiger partial charge in [0.2, 0.25) is 0 Å². The highest BCUT2D eigenvalue weighted by Gasteiger charge is 2.31. The number of piperidine rings is 1. The lowest BCUT2D eigenvalue weighted by Gasteiger charge is -2.33. The van der Waals surface area contributed by atoms with E-state index >= 15 is 0 Å². The second-order valence-electron chi connectivity index (χ2n) is 8.55. The second-order valence-corrected chi connectivity index (χ2v) is 8.92. The van der Waals surface area contributed by atoms with Crippen molar-refractivity contribution in [3.63, 3.8) is 0 Å². The van der Waals surface area contributed by atoms with Crippen LogP contribution >= 0.6 is 11.6 Å². The topological polar surface area (TPSA) is 60.9 Å². The first-order valence-corrected chi connectivity index (χ1v) is 11.8. The van der Waals surface area contributed by atoms with Crippen LogP contribution in [0.5, 0.6) is 11.5 Å². The molecule has 1 atom stereocenters. The molecule has 0 saturated carbocycles. The number of methoxy groups -OCH3 is 1. The molecule has 0 aliphatic carbocycles. The van der Waals surface area contributed by atoms with Crippen molar-refractivity contribution in [1.82, 2.24) is 9.88 Å². The summed E-state index contributed by atoms with van der Waals surface area (Å²) in [5, 5.41) is 1.48. The Morgan fingerprint density at radius 3 is 2.58 bits per heavy atom. The molecule has 2 aliphatic heterocycles. The molecule has 0 radical (unpaired) electrons. The standard InChI is InChI=1S/C26H27ClN2O4/c1-31-22-9-6-18-15-19(16-28-25(18)24(22)27)17-4-7-20(8-5-17)33-21-10-12-29(13-11-21)26(30)23-3-2-14-32-23/h4-9,15-16,21,23H,2-3,10-14H2,1H3/t23-/m1/s1. The van der Waals surface area contributed by atoms with Crippen molar-refractivity contribution in [2.75, 3.05) is 26.8 Å². The third kappa shape index (κ3) is 4.63. The number of rotatable bonds is 5. The highest BCUT2D eigenvalue weighted by molar-refractivity contribution is 6.36. The first kappa shape index (κ1) is 22.0. The van der Waals surface area contributed by atoms with Gasteiger partial charge in [0.1, 0.15) is 28.7 Å². The maximum atomic E-state index is 12.5. The molecule has 2 aromatic carbocycles. The quantitative estimate of drug-likeness (QED) is 0.522. The molecule has 1 amide bonds. The number of carbonyl (C=O) groups excluding carboxylic acids is 1. The van der Waals surface area contributed by atoms with Crippen LogP contribution in [0.2, 0.25) is 5.02 Å². The summed E-state index contributed by atoms with van der Waals surface area (Å²) in [6.07, 6.45) is 5.18. The molecule has 0 bridgehead atoms. The molecule has 7 heteroatoms. The molecule has 0 unspecified atom stereocenters. The van der Waals surface area contributed by atoms with E-state index in [0.29, 0.717) is 17.4 Å². The summed E-state index contributed by atoms with van der Waals surface area (Å²) in [5.41, 5.74) is 2.79. The minimum atomic E-state index is -0.238. The van der Waals surface area contributed by atoms with E-state index in [2.05, 4.69) is 11.1 Å². The number of likely N-dealkylation sites (tertiary alicyclic amines) is 1. The summed E-state index contributed by atoms with van der Waals surface area (Å²) in [6.45, 7) is 2.14. The molecule has 2 saturated heterocycles. The third-order valence-electron chi connectivity index (χ3n) is 6.42. The van der Waals surface area contributed by atoms with Crippen LogP contribution in [0, 0.1) is 0 Å². The van der Waals surface area contributed by atoms with Gasteiger partial charge in [-0.1, -0.05) is 23.7 Å². The molecule has 0 spiro atoms. The number of fused-ring (bicyclic) bond motifs is 1. The number of pyridine rings is 1. The number of halogens is 1. The molecule has 2 fully saturated rings. The average molecular weight is 467 g/mol. The molecule has 33 heavy (non-hydrogen) atoms. The lowest BCUT2D eigenvalue weighted by molar-refractivity contribution is -0.142. The van der Waals surface area contributed by atoms with E-state index in [1.54, 1.807) is 7.11 Å². The predicted octanol–water partition coefficient (Wildman–Crippen LogP) is 5.11. The lowest BCUT2D eigenvalue weighted by atomic mass is 10.0. The SMILES string of the molecule is COc1ccc2cc(-c3ccc(OC4CCN(C(=O)[C@H]5CCCO5)CC4)cc3)cnc2c1Cl. The Labute approximate surface area is 198 Å². The van der Waals surface area contributed by atoms with Gasteiger partial charge in [0.05, 0.1) is 12.6 Å². The maximum absolute atomic E-state index is 12.5. The highest BCUT2D eigenvalue weighted by Crippen LogP contribution is 2.33. The Hall–Kier alpha value is -2.83. The molecule has 1 aromatic heterocycles. The Bertz CT molecular complexity index is 1140. The van der Waals surface area contributed by atoms with Gasteiger partial charge in [-0.15, -0.1) is 0 Å². The number of hydrogen-bond acceptors (Lipinski definition) is 5. The van der Waals surface area contributed by atoms with E-state index in [0.717, 1.165) is 66.6 Å². The monoisotopic (exact) mass is 466 g/mol. The van der Waals surface area contributed by atoms with Crippen LogP contribution in [-0.4, -0.2) is 54.8 Å². The fraction of sp³-hybridized carbons (Fsp3) is 0.385. The van der Waals surface area contributed by atoms with E-state index in [1.165, 1.54) is 0 Å². The van der Waals surface area contributed by atoms with Crippen molar-refractivity contribution in [3.8, 4) is 22.6 Å². The normalized spacial score (nSPS) is 19.1. The molecule has 5 rings (SSSR count). The van der Waals surface area contributed by atoms with Crippen molar-refractivity contribution in [1.29, 1.82) is 0 Å². The summed E-state index contributed by atoms with van der Waals surface area (Å²) >= 11 is 6.38. The van der Waals surface area contributed by atoms with Crippen LogP contribution in [0.15, 0.2) is 48.7 Å². The highest BCUT2D eigenvalue weighted by atomic mass is 35.5. The summed E-state index contributed by atoms with van der Waals surface area (Å²) < 4.78 is 17.0. The molecule has 172 valence electrons. The number of hydrogen-bond donors (Lipinski definition) is 0. The van der Waals surface area contributed by atoms with E-state index in [9.17, 15) is 4.79 Å². The van der Waals surface area contributed by atoms with Crippen LogP contribution in [0.4, 0.5) is 0 Å². The van der Waals surface area contributed by atoms with Gasteiger partial charge in [-0.05, 0) is 48.7 Å². The van der Waals surface area contributed by atoms with Crippen LogP contribution in [-0.2, 0) is 9.53 Å². The van der Waals surface area contributed by atoms with Crippen molar-refractivity contribution >= 4 is 28.4 Å². The number of amides is 1. The summed E-state index contributed by atoms with van der Waals surface area (Å²) in [5.74, 6) is 1.59. The first-order chi connectivity index (χ1) is 16.1. The number of ether oxygens (including phenoxy) is 3. The fourth-order valence-electron chi connectivity index (χ4n) is 4.55. The molecule has 3 aromatic rings. The van der Waals surface area contributed by atoms with Crippen molar-refractivity contribution in [3.05, 3.63) is 53.7 Å². The Morgan fingerprint density at radius 1 is 1.09 bits per heavy atom. The van der Waals surface area contributed by atoms with E-state index < -0.39 is 0 Å². The lowest BCUT2D eigenvalue weighted by Crippen LogP contribution is -2.45. The summed E-state index contributed by atoms with van der Waals surface area (Å²) in [7, 11) is 1.60. The van der Waals surface area contributed by atoms with Gasteiger partial charge in [0.25, 0.3) is 5.91 Å². The molecular formula is C26H27ClN2O4. The van der Waals surface area contributed by atoms with Gasteiger partial charge >= 0.3 is 0 Å². The Kier molecular flexibility index (Phi) is 6.38. The largest absolute Gasteiger partial charge is 0.495 e. The van der Waals surface area contributed by atoms with Gasteiger partial charge in [0.15, 0.2) is 0 Å². The number of benzene rings is 2. The molecular weight excluding hydrogens is 440 g/mol. The van der Waals surface area contributed by atoms with Gasteiger partial charge in [0, 0.05) is 49.7 Å². The van der Waals surface area contributed by atoms with Gasteiger partial charge < -0.3 is 19.1 Å². The average Bonchev–Trinajstić information content (AvgIpc) is 3.40. The molecule has 6 nitrogen and oxygen atoms in total. The molecule has 0 N–H and O–H groups in total. The fourth-order valence-corrected chi connectivity index (χ4v) is 4.85. The van der Waals surface area contributed by atoms with Crippen LogP contribution < -0.4 is 9.47 Å². The second kappa shape index (κ2) is 9.57. The van der Waals surface area contributed by atoms with Crippen molar-refractivity contribution in [2.45, 2.75) is 37.9 Å². The minimum absolute atomic E-state index is 0.115. The Morgan fingerprint density at radius 2 is 1.88 bits per heavy atom. The van der Waals surface area contributed by atoms with E-state index in [4.69, 9.17) is 25.8 Å². The van der Waals surface area contributed by atoms with Crippen molar-refractivity contribution in [2.24, 2.45) is 0 Å². The van der Waals surface area contributed by atoms with Crippen molar-refractivity contribution < 1.29 is 19.0 Å². The van der Waals surface area contributed by atoms with Gasteiger partial charge in [-0.25, -0.2) is 0 Å². The first-order valence-electron chi connectivity index (χ1n) is 11.4. The maximum Gasteiger partial charge on any atom is 0.251 e. The summed E-state index contributed by atoms with van der Waals surface area (Å²) in [4.78, 5) is 19.0. The number of aromatic nitrogens is 1. The van der Waals surface area contributed by atoms with E-state index in [-0.39, 0.29) is 18.1 Å². The summed E-state index contributed by atoms with van der Waals surface area (Å²) in [6, 6.07) is 14.0. The predicted molar refractivity (Wildman–Crippen MR) is 128 cm³/mol. The zero-order chi connectivity index (χ0) is 22.8. The zero-order valence-corrected chi connectivity index (χ0v) is 19.4. The minimum Gasteiger partial charge on any atom is -0.495 e. The molecule has 3 heterocycles. The smallest absolute Gasteiger partial charge is 0.251 e. The number of carbonyl (C=O) groups is 1. The van der Waals surface area contributed by atoms with Crippen LogP contribution in [0.1, 0.15) is 25.7 Å². The Balaban J connectivity index is 1.21.